The van der Waals surface area contributed by atoms with Crippen molar-refractivity contribution in [3.8, 4) is 0 Å². The van der Waals surface area contributed by atoms with Gasteiger partial charge in [-0.25, -0.2) is 0 Å². The zero-order chi connectivity index (χ0) is 18.5. The molecule has 1 heterocycles. The molecule has 0 aliphatic carbocycles. The van der Waals surface area contributed by atoms with Crippen LogP contribution in [0.3, 0.4) is 0 Å². The molecule has 132 valence electrons. The summed E-state index contributed by atoms with van der Waals surface area (Å²) in [6, 6.07) is 16.5. The molecule has 0 aliphatic heterocycles. The summed E-state index contributed by atoms with van der Waals surface area (Å²) in [5.41, 5.74) is 4.07. The maximum absolute atomic E-state index is 12.7. The van der Waals surface area contributed by atoms with Gasteiger partial charge >= 0.3 is 0 Å². The van der Waals surface area contributed by atoms with E-state index in [-0.39, 0.29) is 11.8 Å². The number of nitrogens with one attached hydrogen (secondary N) is 2. The third-order valence-corrected chi connectivity index (χ3v) is 4.97. The second kappa shape index (κ2) is 7.97. The van der Waals surface area contributed by atoms with Gasteiger partial charge in [0.25, 0.3) is 11.8 Å². The van der Waals surface area contributed by atoms with Gasteiger partial charge in [0.15, 0.2) is 0 Å². The van der Waals surface area contributed by atoms with Crippen LogP contribution in [-0.2, 0) is 6.42 Å². The summed E-state index contributed by atoms with van der Waals surface area (Å²) < 4.78 is 0. The zero-order valence-corrected chi connectivity index (χ0v) is 15.5. The highest BCUT2D eigenvalue weighted by molar-refractivity contribution is 7.12. The van der Waals surface area contributed by atoms with Crippen LogP contribution in [0.5, 0.6) is 0 Å². The van der Waals surface area contributed by atoms with E-state index in [1.165, 1.54) is 11.3 Å². The Kier molecular flexibility index (Phi) is 5.49. The van der Waals surface area contributed by atoms with Crippen molar-refractivity contribution in [1.29, 1.82) is 0 Å². The van der Waals surface area contributed by atoms with Crippen molar-refractivity contribution in [2.45, 2.75) is 20.3 Å². The Morgan fingerprint density at radius 1 is 0.962 bits per heavy atom. The largest absolute Gasteiger partial charge is 0.321 e. The SMILES string of the molecule is CCc1cccc(C)c1NC(=O)c1cccc(NC(=O)c2cccs2)c1. The number of hydrogen-bond donors (Lipinski definition) is 2. The number of aryl methyl sites for hydroxylation is 2. The molecule has 0 atom stereocenters. The van der Waals surface area contributed by atoms with E-state index < -0.39 is 0 Å². The highest BCUT2D eigenvalue weighted by atomic mass is 32.1. The van der Waals surface area contributed by atoms with E-state index in [1.807, 2.05) is 36.6 Å². The summed E-state index contributed by atoms with van der Waals surface area (Å²) in [7, 11) is 0. The van der Waals surface area contributed by atoms with Gasteiger partial charge in [-0.3, -0.25) is 9.59 Å². The summed E-state index contributed by atoms with van der Waals surface area (Å²) >= 11 is 1.38. The number of carbonyl (C=O) groups is 2. The maximum Gasteiger partial charge on any atom is 0.265 e. The van der Waals surface area contributed by atoms with Crippen LogP contribution in [0.15, 0.2) is 60.0 Å². The minimum Gasteiger partial charge on any atom is -0.321 e. The van der Waals surface area contributed by atoms with Gasteiger partial charge in [-0.05, 0) is 54.1 Å². The minimum absolute atomic E-state index is 0.176. The molecule has 3 rings (SSSR count). The van der Waals surface area contributed by atoms with Crippen LogP contribution in [0, 0.1) is 6.92 Å². The molecule has 0 unspecified atom stereocenters. The topological polar surface area (TPSA) is 58.2 Å². The highest BCUT2D eigenvalue weighted by Crippen LogP contribution is 2.22. The lowest BCUT2D eigenvalue weighted by Crippen LogP contribution is -2.15. The van der Waals surface area contributed by atoms with E-state index in [1.54, 1.807) is 30.3 Å². The molecule has 0 aliphatic rings. The second-order valence-corrected chi connectivity index (χ2v) is 6.88. The fraction of sp³-hybridized carbons (Fsp3) is 0.143. The van der Waals surface area contributed by atoms with Crippen LogP contribution in [0.1, 0.15) is 38.1 Å². The molecule has 3 aromatic rings. The number of amides is 2. The van der Waals surface area contributed by atoms with Crippen LogP contribution in [-0.4, -0.2) is 11.8 Å². The van der Waals surface area contributed by atoms with Gasteiger partial charge in [0.1, 0.15) is 0 Å². The molecule has 0 fully saturated rings. The van der Waals surface area contributed by atoms with Crippen molar-refractivity contribution in [2.24, 2.45) is 0 Å². The first-order valence-electron chi connectivity index (χ1n) is 8.43. The number of para-hydroxylation sites is 1. The number of hydrogen-bond acceptors (Lipinski definition) is 3. The normalized spacial score (nSPS) is 10.4. The molecule has 0 bridgehead atoms. The maximum atomic E-state index is 12.7. The van der Waals surface area contributed by atoms with Crippen molar-refractivity contribution in [3.63, 3.8) is 0 Å². The quantitative estimate of drug-likeness (QED) is 0.660. The summed E-state index contributed by atoms with van der Waals surface area (Å²) in [5.74, 6) is -0.369. The average Bonchev–Trinajstić information content (AvgIpc) is 3.18. The number of anilines is 2. The van der Waals surface area contributed by atoms with E-state index in [0.29, 0.717) is 16.1 Å². The molecular weight excluding hydrogens is 344 g/mol. The number of rotatable bonds is 5. The minimum atomic E-state index is -0.193. The smallest absolute Gasteiger partial charge is 0.265 e. The standard InChI is InChI=1S/C21H20N2O2S/c1-3-15-8-4-7-14(2)19(15)23-20(24)16-9-5-10-17(13-16)22-21(25)18-11-6-12-26-18/h4-13H,3H2,1-2H3,(H,22,25)(H,23,24). The predicted octanol–water partition coefficient (Wildman–Crippen LogP) is 5.12. The van der Waals surface area contributed by atoms with Gasteiger partial charge in [-0.1, -0.05) is 37.3 Å². The third-order valence-electron chi connectivity index (χ3n) is 4.11. The lowest BCUT2D eigenvalue weighted by molar-refractivity contribution is 0.101. The molecule has 2 aromatic carbocycles. The van der Waals surface area contributed by atoms with E-state index in [9.17, 15) is 9.59 Å². The van der Waals surface area contributed by atoms with Gasteiger partial charge < -0.3 is 10.6 Å². The van der Waals surface area contributed by atoms with E-state index in [4.69, 9.17) is 0 Å². The molecule has 0 saturated heterocycles. The summed E-state index contributed by atoms with van der Waals surface area (Å²) in [4.78, 5) is 25.5. The van der Waals surface area contributed by atoms with Gasteiger partial charge in [-0.15, -0.1) is 11.3 Å². The average molecular weight is 364 g/mol. The van der Waals surface area contributed by atoms with Crippen LogP contribution >= 0.6 is 11.3 Å². The monoisotopic (exact) mass is 364 g/mol. The Balaban J connectivity index is 1.78. The first kappa shape index (κ1) is 17.9. The lowest BCUT2D eigenvalue weighted by atomic mass is 10.1. The molecule has 2 amide bonds. The van der Waals surface area contributed by atoms with Crippen molar-refractivity contribution in [2.75, 3.05) is 10.6 Å². The fourth-order valence-corrected chi connectivity index (χ4v) is 3.35. The van der Waals surface area contributed by atoms with Crippen LogP contribution < -0.4 is 10.6 Å². The molecule has 4 nitrogen and oxygen atoms in total. The molecule has 5 heteroatoms. The lowest BCUT2D eigenvalue weighted by Gasteiger charge is -2.13. The summed E-state index contributed by atoms with van der Waals surface area (Å²) in [5, 5.41) is 7.69. The van der Waals surface area contributed by atoms with Crippen LogP contribution in [0.2, 0.25) is 0 Å². The molecule has 2 N–H and O–H groups in total. The fourth-order valence-electron chi connectivity index (χ4n) is 2.73. The zero-order valence-electron chi connectivity index (χ0n) is 14.7. The first-order chi connectivity index (χ1) is 12.6. The van der Waals surface area contributed by atoms with Crippen LogP contribution in [0.25, 0.3) is 0 Å². The van der Waals surface area contributed by atoms with Gasteiger partial charge in [0.05, 0.1) is 4.88 Å². The van der Waals surface area contributed by atoms with Crippen molar-refractivity contribution < 1.29 is 9.59 Å². The predicted molar refractivity (Wildman–Crippen MR) is 107 cm³/mol. The van der Waals surface area contributed by atoms with Crippen molar-refractivity contribution in [3.05, 3.63) is 81.5 Å². The van der Waals surface area contributed by atoms with E-state index in [2.05, 4.69) is 17.6 Å². The number of thiophene rings is 1. The van der Waals surface area contributed by atoms with Crippen molar-refractivity contribution >= 4 is 34.5 Å². The van der Waals surface area contributed by atoms with Gasteiger partial charge in [-0.2, -0.15) is 0 Å². The Morgan fingerprint density at radius 3 is 2.50 bits per heavy atom. The second-order valence-electron chi connectivity index (χ2n) is 5.93. The van der Waals surface area contributed by atoms with Crippen LogP contribution in [0.4, 0.5) is 11.4 Å². The van der Waals surface area contributed by atoms with E-state index in [0.717, 1.165) is 23.2 Å². The molecular formula is C21H20N2O2S. The molecule has 0 spiro atoms. The number of carbonyl (C=O) groups excluding carboxylic acids is 2. The van der Waals surface area contributed by atoms with Gasteiger partial charge in [0, 0.05) is 16.9 Å². The van der Waals surface area contributed by atoms with E-state index >= 15 is 0 Å². The summed E-state index contributed by atoms with van der Waals surface area (Å²) in [6.45, 7) is 4.04. The third kappa shape index (κ3) is 4.00. The Hall–Kier alpha value is -2.92. The Labute approximate surface area is 156 Å². The first-order valence-corrected chi connectivity index (χ1v) is 9.31. The molecule has 0 radical (unpaired) electrons. The number of benzene rings is 2. The molecule has 1 aromatic heterocycles. The Morgan fingerprint density at radius 2 is 1.77 bits per heavy atom. The Bertz CT molecular complexity index is 933. The van der Waals surface area contributed by atoms with Gasteiger partial charge in [0.2, 0.25) is 0 Å². The molecule has 26 heavy (non-hydrogen) atoms. The highest BCUT2D eigenvalue weighted by Gasteiger charge is 2.12. The summed E-state index contributed by atoms with van der Waals surface area (Å²) in [6.07, 6.45) is 0.841. The molecule has 0 saturated carbocycles. The van der Waals surface area contributed by atoms with Crippen molar-refractivity contribution in [1.82, 2.24) is 0 Å².